The van der Waals surface area contributed by atoms with Gasteiger partial charge in [-0.15, -0.1) is 11.3 Å². The topological polar surface area (TPSA) is 33.2 Å². The van der Waals surface area contributed by atoms with Crippen LogP contribution in [0.1, 0.15) is 50.5 Å². The summed E-state index contributed by atoms with van der Waals surface area (Å²) >= 11 is 1.55. The minimum absolute atomic E-state index is 0.0928. The Morgan fingerprint density at radius 3 is 2.74 bits per heavy atom. The second kappa shape index (κ2) is 6.44. The molecule has 4 heteroatoms. The number of hydrogen-bond donors (Lipinski definition) is 0. The van der Waals surface area contributed by atoms with Crippen molar-refractivity contribution in [3.63, 3.8) is 0 Å². The molecule has 0 radical (unpaired) electrons. The molecule has 2 aromatic rings. The minimum atomic E-state index is 0.0928. The van der Waals surface area contributed by atoms with Gasteiger partial charge in [-0.3, -0.25) is 4.79 Å². The molecule has 23 heavy (non-hydrogen) atoms. The molecule has 1 aliphatic rings. The number of hydrogen-bond acceptors (Lipinski definition) is 3. The van der Waals surface area contributed by atoms with Crippen LogP contribution in [0, 0.1) is 5.41 Å². The maximum Gasteiger partial charge on any atom is 0.273 e. The van der Waals surface area contributed by atoms with E-state index < -0.39 is 0 Å². The minimum Gasteiger partial charge on any atom is -0.334 e. The van der Waals surface area contributed by atoms with Crippen molar-refractivity contribution in [2.45, 2.75) is 46.1 Å². The van der Waals surface area contributed by atoms with Gasteiger partial charge in [-0.05, 0) is 24.7 Å². The largest absolute Gasteiger partial charge is 0.334 e. The highest BCUT2D eigenvalue weighted by molar-refractivity contribution is 7.13. The maximum atomic E-state index is 12.9. The molecule has 1 aromatic heterocycles. The summed E-state index contributed by atoms with van der Waals surface area (Å²) in [6.45, 7) is 7.58. The molecular weight excluding hydrogens is 304 g/mol. The monoisotopic (exact) mass is 328 g/mol. The first kappa shape index (κ1) is 16.2. The van der Waals surface area contributed by atoms with Crippen molar-refractivity contribution in [2.75, 3.05) is 6.54 Å². The van der Waals surface area contributed by atoms with Crippen LogP contribution in [0.25, 0.3) is 10.6 Å². The molecule has 0 saturated carbocycles. The number of thiazole rings is 1. The zero-order chi connectivity index (χ0) is 16.4. The molecule has 1 aromatic carbocycles. The third-order valence-electron chi connectivity index (χ3n) is 4.23. The molecule has 0 N–H and O–H groups in total. The zero-order valence-corrected chi connectivity index (χ0v) is 14.9. The lowest BCUT2D eigenvalue weighted by Crippen LogP contribution is -2.37. The van der Waals surface area contributed by atoms with Gasteiger partial charge in [-0.2, -0.15) is 0 Å². The van der Waals surface area contributed by atoms with Crippen LogP contribution >= 0.6 is 11.3 Å². The molecule has 0 aliphatic carbocycles. The van der Waals surface area contributed by atoms with E-state index in [0.717, 1.165) is 36.4 Å². The number of benzene rings is 1. The van der Waals surface area contributed by atoms with Crippen molar-refractivity contribution in [3.05, 3.63) is 41.4 Å². The van der Waals surface area contributed by atoms with Gasteiger partial charge in [0.2, 0.25) is 0 Å². The van der Waals surface area contributed by atoms with E-state index in [9.17, 15) is 4.79 Å². The molecule has 1 amide bonds. The highest BCUT2D eigenvalue weighted by Crippen LogP contribution is 2.31. The lowest BCUT2D eigenvalue weighted by molar-refractivity contribution is 0.0699. The van der Waals surface area contributed by atoms with Crippen molar-refractivity contribution in [3.8, 4) is 10.6 Å². The number of likely N-dealkylation sites (tertiary alicyclic amines) is 1. The molecule has 0 bridgehead atoms. The van der Waals surface area contributed by atoms with Crippen molar-refractivity contribution in [1.82, 2.24) is 9.88 Å². The van der Waals surface area contributed by atoms with E-state index in [2.05, 4.69) is 25.8 Å². The Balaban J connectivity index is 1.77. The molecule has 122 valence electrons. The van der Waals surface area contributed by atoms with Crippen LogP contribution in [0.15, 0.2) is 35.7 Å². The third kappa shape index (κ3) is 3.81. The van der Waals surface area contributed by atoms with Crippen LogP contribution in [-0.2, 0) is 0 Å². The van der Waals surface area contributed by atoms with E-state index in [4.69, 9.17) is 0 Å². The van der Waals surface area contributed by atoms with E-state index >= 15 is 0 Å². The fraction of sp³-hybridized carbons (Fsp3) is 0.474. The molecule has 0 unspecified atom stereocenters. The number of nitrogens with zero attached hydrogens (tertiary/aromatic N) is 2. The Bertz CT molecular complexity index is 672. The van der Waals surface area contributed by atoms with Gasteiger partial charge in [0, 0.05) is 23.5 Å². The number of carbonyl (C=O) groups is 1. The maximum absolute atomic E-state index is 12.9. The van der Waals surface area contributed by atoms with E-state index in [-0.39, 0.29) is 11.3 Å². The first-order valence-corrected chi connectivity index (χ1v) is 9.14. The summed E-state index contributed by atoms with van der Waals surface area (Å²) in [4.78, 5) is 19.5. The summed E-state index contributed by atoms with van der Waals surface area (Å²) in [6.07, 6.45) is 3.26. The summed E-state index contributed by atoms with van der Waals surface area (Å²) in [5.41, 5.74) is 1.91. The van der Waals surface area contributed by atoms with Crippen LogP contribution in [0.4, 0.5) is 0 Å². The molecule has 0 spiro atoms. The van der Waals surface area contributed by atoms with Gasteiger partial charge in [-0.25, -0.2) is 4.98 Å². The summed E-state index contributed by atoms with van der Waals surface area (Å²) in [6, 6.07) is 10.4. The summed E-state index contributed by atoms with van der Waals surface area (Å²) in [5, 5.41) is 2.82. The molecule has 1 saturated heterocycles. The Hall–Kier alpha value is -1.68. The third-order valence-corrected chi connectivity index (χ3v) is 5.12. The van der Waals surface area contributed by atoms with E-state index in [1.54, 1.807) is 11.3 Å². The van der Waals surface area contributed by atoms with Gasteiger partial charge < -0.3 is 4.90 Å². The summed E-state index contributed by atoms with van der Waals surface area (Å²) in [7, 11) is 0. The SMILES string of the molecule is CC(C)(C)C[C@H]1CCCN1C(=O)c1csc(-c2ccccc2)n1. The van der Waals surface area contributed by atoms with Crippen molar-refractivity contribution in [2.24, 2.45) is 5.41 Å². The van der Waals surface area contributed by atoms with Gasteiger partial charge in [0.05, 0.1) is 0 Å². The Morgan fingerprint density at radius 2 is 2.04 bits per heavy atom. The lowest BCUT2D eigenvalue weighted by atomic mass is 9.87. The van der Waals surface area contributed by atoms with E-state index in [1.165, 1.54) is 0 Å². The van der Waals surface area contributed by atoms with Gasteiger partial charge >= 0.3 is 0 Å². The Kier molecular flexibility index (Phi) is 4.53. The van der Waals surface area contributed by atoms with Gasteiger partial charge in [0.1, 0.15) is 10.7 Å². The number of aromatic nitrogens is 1. The Morgan fingerprint density at radius 1 is 1.30 bits per heavy atom. The van der Waals surface area contributed by atoms with Crippen LogP contribution < -0.4 is 0 Å². The first-order chi connectivity index (χ1) is 10.9. The van der Waals surface area contributed by atoms with E-state index in [1.807, 2.05) is 40.6 Å². The highest BCUT2D eigenvalue weighted by atomic mass is 32.1. The molecule has 1 fully saturated rings. The number of carbonyl (C=O) groups excluding carboxylic acids is 1. The summed E-state index contributed by atoms with van der Waals surface area (Å²) in [5.74, 6) is 0.0928. The molecule has 1 aliphatic heterocycles. The normalized spacial score (nSPS) is 18.4. The van der Waals surface area contributed by atoms with Crippen LogP contribution in [0.2, 0.25) is 0 Å². The second-order valence-electron chi connectivity index (χ2n) is 7.46. The fourth-order valence-electron chi connectivity index (χ4n) is 3.25. The van der Waals surface area contributed by atoms with E-state index in [0.29, 0.717) is 11.7 Å². The quantitative estimate of drug-likeness (QED) is 0.807. The highest BCUT2D eigenvalue weighted by Gasteiger charge is 2.33. The molecule has 3 nitrogen and oxygen atoms in total. The van der Waals surface area contributed by atoms with Crippen molar-refractivity contribution in [1.29, 1.82) is 0 Å². The molecule has 2 heterocycles. The fourth-order valence-corrected chi connectivity index (χ4v) is 4.05. The smallest absolute Gasteiger partial charge is 0.273 e. The van der Waals surface area contributed by atoms with Crippen molar-refractivity contribution >= 4 is 17.2 Å². The van der Waals surface area contributed by atoms with Gasteiger partial charge in [0.15, 0.2) is 0 Å². The molecular formula is C19H24N2OS. The zero-order valence-electron chi connectivity index (χ0n) is 14.1. The van der Waals surface area contributed by atoms with Crippen LogP contribution in [0.5, 0.6) is 0 Å². The number of rotatable bonds is 3. The summed E-state index contributed by atoms with van der Waals surface area (Å²) < 4.78 is 0. The van der Waals surface area contributed by atoms with Gasteiger partial charge in [0.25, 0.3) is 5.91 Å². The average Bonchev–Trinajstić information content (AvgIpc) is 3.15. The molecule has 3 rings (SSSR count). The van der Waals surface area contributed by atoms with Crippen LogP contribution in [0.3, 0.4) is 0 Å². The predicted octanol–water partition coefficient (Wildman–Crippen LogP) is 4.85. The average molecular weight is 328 g/mol. The number of amides is 1. The predicted molar refractivity (Wildman–Crippen MR) is 95.7 cm³/mol. The van der Waals surface area contributed by atoms with Crippen LogP contribution in [-0.4, -0.2) is 28.4 Å². The first-order valence-electron chi connectivity index (χ1n) is 8.26. The van der Waals surface area contributed by atoms with Gasteiger partial charge in [-0.1, -0.05) is 51.1 Å². The second-order valence-corrected chi connectivity index (χ2v) is 8.32. The molecule has 1 atom stereocenters. The Labute approximate surface area is 142 Å². The lowest BCUT2D eigenvalue weighted by Gasteiger charge is -2.30. The standard InChI is InChI=1S/C19H24N2OS/c1-19(2,3)12-15-10-7-11-21(15)18(22)16-13-23-17(20-16)14-8-5-4-6-9-14/h4-6,8-9,13,15H,7,10-12H2,1-3H3/t15-/m1/s1. The van der Waals surface area contributed by atoms with Crippen molar-refractivity contribution < 1.29 is 4.79 Å².